The number of anilines is 1. The largest absolute Gasteiger partial charge is 0.478 e. The van der Waals surface area contributed by atoms with Gasteiger partial charge in [-0.2, -0.15) is 0 Å². The van der Waals surface area contributed by atoms with Gasteiger partial charge in [-0.25, -0.2) is 4.79 Å². The fourth-order valence-corrected chi connectivity index (χ4v) is 3.21. The second-order valence-electron chi connectivity index (χ2n) is 7.18. The van der Waals surface area contributed by atoms with Crippen LogP contribution in [0.5, 0.6) is 0 Å². The van der Waals surface area contributed by atoms with Crippen LogP contribution in [0.3, 0.4) is 0 Å². The third-order valence-corrected chi connectivity index (χ3v) is 5.21. The van der Waals surface area contributed by atoms with E-state index in [4.69, 9.17) is 5.11 Å². The van der Waals surface area contributed by atoms with Crippen LogP contribution in [0.2, 0.25) is 0 Å². The number of allylic oxidation sites excluding steroid dienone is 5. The molecule has 2 rings (SSSR count). The summed E-state index contributed by atoms with van der Waals surface area (Å²) in [4.78, 5) is 13.0. The molecule has 128 valence electrons. The Balaban J connectivity index is 2.29. The van der Waals surface area contributed by atoms with Crippen molar-refractivity contribution in [3.63, 3.8) is 0 Å². The lowest BCUT2D eigenvalue weighted by atomic mass is 9.80. The van der Waals surface area contributed by atoms with Crippen molar-refractivity contribution in [3.05, 3.63) is 59.2 Å². The van der Waals surface area contributed by atoms with Crippen molar-refractivity contribution >= 4 is 17.2 Å². The molecule has 24 heavy (non-hydrogen) atoms. The zero-order valence-corrected chi connectivity index (χ0v) is 15.4. The summed E-state index contributed by atoms with van der Waals surface area (Å²) in [5.41, 5.74) is 5.89. The van der Waals surface area contributed by atoms with Crippen molar-refractivity contribution in [1.29, 1.82) is 0 Å². The summed E-state index contributed by atoms with van der Waals surface area (Å²) in [6, 6.07) is 7.11. The molecule has 1 aliphatic rings. The van der Waals surface area contributed by atoms with E-state index in [9.17, 15) is 4.79 Å². The predicted molar refractivity (Wildman–Crippen MR) is 102 cm³/mol. The van der Waals surface area contributed by atoms with Crippen molar-refractivity contribution in [2.45, 2.75) is 46.1 Å². The van der Waals surface area contributed by atoms with Gasteiger partial charge in [0, 0.05) is 30.3 Å². The zero-order valence-electron chi connectivity index (χ0n) is 15.4. The predicted octanol–water partition coefficient (Wildman–Crippen LogP) is 4.79. The Morgan fingerprint density at radius 3 is 2.58 bits per heavy atom. The van der Waals surface area contributed by atoms with Gasteiger partial charge in [-0.15, -0.1) is 0 Å². The molecule has 0 radical (unpaired) electrons. The first kappa shape index (κ1) is 18.1. The van der Waals surface area contributed by atoms with E-state index in [-0.39, 0.29) is 5.41 Å². The van der Waals surface area contributed by atoms with Crippen molar-refractivity contribution in [1.82, 2.24) is 0 Å². The number of aliphatic carboxylic acids is 1. The summed E-state index contributed by atoms with van der Waals surface area (Å²) in [5, 5.41) is 8.72. The quantitative estimate of drug-likeness (QED) is 0.639. The lowest BCUT2D eigenvalue weighted by Gasteiger charge is -2.28. The van der Waals surface area contributed by atoms with Gasteiger partial charge in [0.05, 0.1) is 0 Å². The first-order valence-corrected chi connectivity index (χ1v) is 8.28. The molecule has 0 saturated carbocycles. The van der Waals surface area contributed by atoms with E-state index in [2.05, 4.69) is 57.8 Å². The third kappa shape index (κ3) is 3.45. The molecule has 0 aromatic heterocycles. The molecule has 3 nitrogen and oxygen atoms in total. The van der Waals surface area contributed by atoms with E-state index in [0.29, 0.717) is 6.04 Å². The normalized spacial score (nSPS) is 20.6. The second-order valence-corrected chi connectivity index (χ2v) is 7.18. The Morgan fingerprint density at radius 1 is 1.29 bits per heavy atom. The Hall–Kier alpha value is -2.29. The molecule has 1 aromatic rings. The van der Waals surface area contributed by atoms with Crippen LogP contribution >= 0.6 is 0 Å². The minimum Gasteiger partial charge on any atom is -0.478 e. The number of carboxylic acids is 1. The van der Waals surface area contributed by atoms with Gasteiger partial charge in [-0.1, -0.05) is 38.1 Å². The van der Waals surface area contributed by atoms with Crippen LogP contribution in [0.15, 0.2) is 48.1 Å². The molecular formula is C21H27NO2. The summed E-state index contributed by atoms with van der Waals surface area (Å²) in [6.07, 6.45) is 6.94. The number of carbonyl (C=O) groups is 1. The van der Waals surface area contributed by atoms with E-state index in [0.717, 1.165) is 11.1 Å². The molecule has 1 aromatic carbocycles. The van der Waals surface area contributed by atoms with Crippen LogP contribution in [0.25, 0.3) is 5.57 Å². The van der Waals surface area contributed by atoms with Gasteiger partial charge in [0.25, 0.3) is 0 Å². The fourth-order valence-electron chi connectivity index (χ4n) is 3.21. The maximum absolute atomic E-state index is 10.6. The lowest BCUT2D eigenvalue weighted by molar-refractivity contribution is -0.131. The number of hydrogen-bond acceptors (Lipinski definition) is 2. The van der Waals surface area contributed by atoms with Crippen molar-refractivity contribution < 1.29 is 9.90 Å². The molecule has 0 spiro atoms. The Labute approximate surface area is 145 Å². The number of rotatable bonds is 4. The standard InChI is InChI=1S/C21H27NO2/c1-14(12-20(23)24)8-7-9-15(2)17-10-11-19-18(13-17)21(4,5)16(3)22(19)6/h7-13,16H,1-6H3,(H,23,24)/b8-7+,14-12+,15-9+. The zero-order chi connectivity index (χ0) is 18.1. The van der Waals surface area contributed by atoms with Gasteiger partial charge in [0.2, 0.25) is 0 Å². The summed E-state index contributed by atoms with van der Waals surface area (Å²) in [5.74, 6) is -0.919. The number of carboxylic acid groups (broad SMARTS) is 1. The smallest absolute Gasteiger partial charge is 0.328 e. The summed E-state index contributed by atoms with van der Waals surface area (Å²) >= 11 is 0. The molecule has 1 heterocycles. The van der Waals surface area contributed by atoms with Crippen molar-refractivity contribution in [2.75, 3.05) is 11.9 Å². The third-order valence-electron chi connectivity index (χ3n) is 5.21. The van der Waals surface area contributed by atoms with Crippen molar-refractivity contribution in [2.24, 2.45) is 0 Å². The minimum absolute atomic E-state index is 0.122. The van der Waals surface area contributed by atoms with Crippen molar-refractivity contribution in [3.8, 4) is 0 Å². The van der Waals surface area contributed by atoms with Crippen LogP contribution in [0, 0.1) is 0 Å². The first-order chi connectivity index (χ1) is 11.1. The van der Waals surface area contributed by atoms with Gasteiger partial charge < -0.3 is 10.0 Å². The number of nitrogens with zero attached hydrogens (tertiary/aromatic N) is 1. The number of likely N-dealkylation sites (N-methyl/N-ethyl adjacent to an activating group) is 1. The topological polar surface area (TPSA) is 40.5 Å². The number of benzene rings is 1. The highest BCUT2D eigenvalue weighted by molar-refractivity contribution is 5.81. The average Bonchev–Trinajstić information content (AvgIpc) is 2.67. The Bertz CT molecular complexity index is 738. The highest BCUT2D eigenvalue weighted by Crippen LogP contribution is 2.44. The average molecular weight is 325 g/mol. The second kappa shape index (κ2) is 6.68. The Kier molecular flexibility index (Phi) is 5.02. The number of hydrogen-bond donors (Lipinski definition) is 1. The highest BCUT2D eigenvalue weighted by Gasteiger charge is 2.40. The van der Waals surface area contributed by atoms with Gasteiger partial charge in [0.15, 0.2) is 0 Å². The molecule has 0 saturated heterocycles. The molecule has 0 aliphatic carbocycles. The van der Waals surface area contributed by atoms with Gasteiger partial charge >= 0.3 is 5.97 Å². The monoisotopic (exact) mass is 325 g/mol. The van der Waals surface area contributed by atoms with Crippen LogP contribution in [-0.2, 0) is 10.2 Å². The van der Waals surface area contributed by atoms with E-state index in [1.807, 2.05) is 18.2 Å². The summed E-state index contributed by atoms with van der Waals surface area (Å²) < 4.78 is 0. The Morgan fingerprint density at radius 2 is 1.96 bits per heavy atom. The van der Waals surface area contributed by atoms with Crippen LogP contribution in [0.1, 0.15) is 45.7 Å². The van der Waals surface area contributed by atoms with Gasteiger partial charge in [-0.05, 0) is 55.2 Å². The molecule has 0 fully saturated rings. The number of fused-ring (bicyclic) bond motifs is 1. The molecule has 1 unspecified atom stereocenters. The maximum Gasteiger partial charge on any atom is 0.328 e. The fraction of sp³-hybridized carbons (Fsp3) is 0.381. The molecule has 1 N–H and O–H groups in total. The van der Waals surface area contributed by atoms with E-state index in [1.54, 1.807) is 6.92 Å². The van der Waals surface area contributed by atoms with E-state index >= 15 is 0 Å². The van der Waals surface area contributed by atoms with Crippen LogP contribution in [-0.4, -0.2) is 24.2 Å². The lowest BCUT2D eigenvalue weighted by Crippen LogP contribution is -2.36. The summed E-state index contributed by atoms with van der Waals surface area (Å²) in [7, 11) is 2.15. The SMILES string of the molecule is CC(/C=C/C=C(\C)c1ccc2c(c1)C(C)(C)C(C)N2C)=C\C(=O)O. The molecule has 0 bridgehead atoms. The van der Waals surface area contributed by atoms with Gasteiger partial charge in [0.1, 0.15) is 0 Å². The first-order valence-electron chi connectivity index (χ1n) is 8.28. The minimum atomic E-state index is -0.919. The van der Waals surface area contributed by atoms with Crippen LogP contribution in [0.4, 0.5) is 5.69 Å². The van der Waals surface area contributed by atoms with E-state index in [1.165, 1.54) is 22.9 Å². The molecule has 1 aliphatic heterocycles. The van der Waals surface area contributed by atoms with Gasteiger partial charge in [-0.3, -0.25) is 0 Å². The van der Waals surface area contributed by atoms with Crippen LogP contribution < -0.4 is 4.90 Å². The molecule has 1 atom stereocenters. The molecular weight excluding hydrogens is 298 g/mol. The highest BCUT2D eigenvalue weighted by atomic mass is 16.4. The molecule has 3 heteroatoms. The maximum atomic E-state index is 10.6. The summed E-state index contributed by atoms with van der Waals surface area (Å²) in [6.45, 7) is 10.7. The molecule has 0 amide bonds. The van der Waals surface area contributed by atoms with E-state index < -0.39 is 5.97 Å².